The van der Waals surface area contributed by atoms with E-state index in [9.17, 15) is 9.90 Å². The van der Waals surface area contributed by atoms with Crippen LogP contribution in [-0.4, -0.2) is 23.9 Å². The van der Waals surface area contributed by atoms with Crippen LogP contribution in [0.5, 0.6) is 5.75 Å². The number of carboxylic acid groups (broad SMARTS) is 1. The zero-order valence-corrected chi connectivity index (χ0v) is 27.6. The van der Waals surface area contributed by atoms with Gasteiger partial charge < -0.3 is 9.84 Å². The minimum atomic E-state index is -0.497. The number of benzene rings is 1. The second-order valence-electron chi connectivity index (χ2n) is 16.7. The summed E-state index contributed by atoms with van der Waals surface area (Å²) in [4.78, 5) is 13.0. The van der Waals surface area contributed by atoms with Crippen LogP contribution in [0.15, 0.2) is 29.4 Å². The molecule has 5 saturated carbocycles. The number of anilines is 1. The first-order valence-electron chi connectivity index (χ1n) is 17.0. The largest absolute Gasteiger partial charge is 0.495 e. The van der Waals surface area contributed by atoms with Crippen molar-refractivity contribution < 1.29 is 14.6 Å². The molecule has 0 aromatic heterocycles. The summed E-state index contributed by atoms with van der Waals surface area (Å²) in [5.74, 6) is 3.54. The maximum atomic E-state index is 13.0. The highest BCUT2D eigenvalue weighted by molar-refractivity contribution is 5.91. The van der Waals surface area contributed by atoms with Crippen molar-refractivity contribution in [3.05, 3.63) is 24.3 Å². The molecule has 5 fully saturated rings. The van der Waals surface area contributed by atoms with Gasteiger partial charge >= 0.3 is 5.97 Å². The first kappa shape index (κ1) is 30.0. The monoisotopic (exact) mass is 576 g/mol. The number of hydrogen-bond donors (Lipinski definition) is 2. The van der Waals surface area contributed by atoms with Gasteiger partial charge in [0.25, 0.3) is 0 Å². The first-order chi connectivity index (χ1) is 19.8. The molecule has 1 aromatic rings. The van der Waals surface area contributed by atoms with Gasteiger partial charge in [-0.2, -0.15) is 5.10 Å². The van der Waals surface area contributed by atoms with Gasteiger partial charge in [0.05, 0.1) is 18.2 Å². The van der Waals surface area contributed by atoms with Gasteiger partial charge in [0.15, 0.2) is 0 Å². The molecule has 5 aliphatic rings. The highest BCUT2D eigenvalue weighted by Gasteiger charge is 2.72. The van der Waals surface area contributed by atoms with Crippen molar-refractivity contribution in [2.24, 2.45) is 67.7 Å². The number of nitrogens with one attached hydrogen (secondary N) is 1. The predicted molar refractivity (Wildman–Crippen MR) is 171 cm³/mol. The lowest BCUT2D eigenvalue weighted by molar-refractivity contribution is -0.232. The van der Waals surface area contributed by atoms with Crippen molar-refractivity contribution in [1.82, 2.24) is 0 Å². The number of ether oxygens (including phenoxy) is 1. The highest BCUT2D eigenvalue weighted by Crippen LogP contribution is 2.77. The number of nitrogens with zero attached hydrogens (tertiary/aromatic N) is 1. The maximum absolute atomic E-state index is 13.0. The third-order valence-electron chi connectivity index (χ3n) is 15.0. The molecule has 6 rings (SSSR count). The van der Waals surface area contributed by atoms with Gasteiger partial charge in [-0.05, 0) is 128 Å². The minimum absolute atomic E-state index is 0.0142. The summed E-state index contributed by atoms with van der Waals surface area (Å²) >= 11 is 0. The average Bonchev–Trinajstić information content (AvgIpc) is 3.34. The molecule has 9 atom stereocenters. The molecule has 5 nitrogen and oxygen atoms in total. The van der Waals surface area contributed by atoms with Crippen LogP contribution in [0, 0.1) is 62.6 Å². The Bertz CT molecular complexity index is 1260. The number of para-hydroxylation sites is 2. The van der Waals surface area contributed by atoms with E-state index in [-0.39, 0.29) is 21.7 Å². The molecule has 0 amide bonds. The molecule has 42 heavy (non-hydrogen) atoms. The van der Waals surface area contributed by atoms with E-state index in [1.165, 1.54) is 37.8 Å². The molecule has 2 unspecified atom stereocenters. The summed E-state index contributed by atoms with van der Waals surface area (Å²) < 4.78 is 5.56. The Morgan fingerprint density at radius 3 is 2.36 bits per heavy atom. The molecule has 232 valence electrons. The number of carboxylic acids is 1. The lowest BCUT2D eigenvalue weighted by atomic mass is 9.32. The summed E-state index contributed by atoms with van der Waals surface area (Å²) in [6, 6.07) is 8.02. The third kappa shape index (κ3) is 3.92. The molecular weight excluding hydrogens is 520 g/mol. The summed E-state index contributed by atoms with van der Waals surface area (Å²) in [7, 11) is 1.71. The standard InChI is InChI=1S/C37H56N2O3/c1-23(2)24-15-20-37(32(40)41)22-21-35(6)25(31(24)37)13-14-29-34(5)18-17-30(33(3,4)28(34)16-19-36(29,35)7)39-38-26-11-9-10-12-27(26)42-8/h9-12,23-25,28-29,31,38H,13-22H2,1-8H3,(H,40,41)/b39-30+/t24-,25?,28-,29+,31+,34-,35+,36+,37?/m0/s1. The average molecular weight is 577 g/mol. The van der Waals surface area contributed by atoms with Crippen LogP contribution in [0.25, 0.3) is 0 Å². The number of fused-ring (bicyclic) bond motifs is 7. The van der Waals surface area contributed by atoms with Crippen molar-refractivity contribution in [2.45, 2.75) is 113 Å². The highest BCUT2D eigenvalue weighted by atomic mass is 16.5. The molecule has 2 N–H and O–H groups in total. The Hall–Kier alpha value is -2.04. The topological polar surface area (TPSA) is 70.9 Å². The normalized spacial score (nSPS) is 45.0. The van der Waals surface area contributed by atoms with E-state index in [0.717, 1.165) is 43.5 Å². The fourth-order valence-electron chi connectivity index (χ4n) is 12.6. The maximum Gasteiger partial charge on any atom is 0.309 e. The second kappa shape index (κ2) is 9.99. The molecular formula is C37H56N2O3. The molecule has 0 bridgehead atoms. The fraction of sp³-hybridized carbons (Fsp3) is 0.784. The number of hydrazone groups is 1. The molecule has 5 heteroatoms. The lowest BCUT2D eigenvalue weighted by Crippen LogP contribution is -2.66. The van der Waals surface area contributed by atoms with Gasteiger partial charge in [-0.25, -0.2) is 0 Å². The molecule has 0 radical (unpaired) electrons. The smallest absolute Gasteiger partial charge is 0.309 e. The quantitative estimate of drug-likeness (QED) is 0.343. The fourth-order valence-corrected chi connectivity index (χ4v) is 12.6. The van der Waals surface area contributed by atoms with E-state index < -0.39 is 11.4 Å². The van der Waals surface area contributed by atoms with Crippen LogP contribution in [0.2, 0.25) is 0 Å². The van der Waals surface area contributed by atoms with Gasteiger partial charge in [0.1, 0.15) is 5.75 Å². The van der Waals surface area contributed by atoms with Crippen LogP contribution >= 0.6 is 0 Å². The first-order valence-corrected chi connectivity index (χ1v) is 17.0. The van der Waals surface area contributed by atoms with Crippen LogP contribution in [0.4, 0.5) is 5.69 Å². The van der Waals surface area contributed by atoms with E-state index in [4.69, 9.17) is 9.84 Å². The van der Waals surface area contributed by atoms with E-state index >= 15 is 0 Å². The Morgan fingerprint density at radius 1 is 0.929 bits per heavy atom. The third-order valence-corrected chi connectivity index (χ3v) is 15.0. The van der Waals surface area contributed by atoms with Gasteiger partial charge in [-0.3, -0.25) is 10.2 Å². The van der Waals surface area contributed by atoms with E-state index in [2.05, 4.69) is 53.9 Å². The van der Waals surface area contributed by atoms with E-state index in [1.807, 2.05) is 24.3 Å². The number of carbonyl (C=O) groups is 1. The van der Waals surface area contributed by atoms with Crippen LogP contribution in [0.1, 0.15) is 113 Å². The van der Waals surface area contributed by atoms with Gasteiger partial charge in [0, 0.05) is 11.1 Å². The molecule has 0 spiro atoms. The predicted octanol–water partition coefficient (Wildman–Crippen LogP) is 9.29. The van der Waals surface area contributed by atoms with Crippen molar-refractivity contribution in [3.63, 3.8) is 0 Å². The second-order valence-corrected chi connectivity index (χ2v) is 16.7. The SMILES string of the molecule is COc1ccccc1N/N=C1\CC[C@]2(C)[C@H]3CCC4[C@H]5[C@H](C(C)C)CCC5(C(=O)O)CC[C@@]4(C)[C@]3(C)CC[C@H]2C1(C)C. The summed E-state index contributed by atoms with van der Waals surface area (Å²) in [5.41, 5.74) is 5.81. The molecule has 0 saturated heterocycles. The molecule has 0 heterocycles. The van der Waals surface area contributed by atoms with Crippen LogP contribution < -0.4 is 10.2 Å². The summed E-state index contributed by atoms with van der Waals surface area (Å²) in [5, 5.41) is 15.7. The van der Waals surface area contributed by atoms with E-state index in [0.29, 0.717) is 35.5 Å². The summed E-state index contributed by atoms with van der Waals surface area (Å²) in [6.07, 6.45) is 11.1. The van der Waals surface area contributed by atoms with Gasteiger partial charge in [-0.1, -0.05) is 60.6 Å². The van der Waals surface area contributed by atoms with Gasteiger partial charge in [-0.15, -0.1) is 0 Å². The van der Waals surface area contributed by atoms with Crippen molar-refractivity contribution in [1.29, 1.82) is 0 Å². The number of methoxy groups -OCH3 is 1. The molecule has 5 aliphatic carbocycles. The summed E-state index contributed by atoms with van der Waals surface area (Å²) in [6.45, 7) is 17.5. The van der Waals surface area contributed by atoms with Gasteiger partial charge in [0.2, 0.25) is 0 Å². The van der Waals surface area contributed by atoms with Crippen LogP contribution in [0.3, 0.4) is 0 Å². The van der Waals surface area contributed by atoms with Crippen molar-refractivity contribution >= 4 is 17.4 Å². The number of hydrogen-bond acceptors (Lipinski definition) is 4. The van der Waals surface area contributed by atoms with Crippen molar-refractivity contribution in [2.75, 3.05) is 12.5 Å². The zero-order chi connectivity index (χ0) is 30.3. The lowest BCUT2D eigenvalue weighted by Gasteiger charge is -2.72. The molecule has 1 aromatic carbocycles. The number of aliphatic carboxylic acids is 1. The van der Waals surface area contributed by atoms with E-state index in [1.54, 1.807) is 7.11 Å². The number of rotatable bonds is 5. The van der Waals surface area contributed by atoms with Crippen molar-refractivity contribution in [3.8, 4) is 5.75 Å². The Kier molecular flexibility index (Phi) is 7.14. The Labute approximate surface area is 254 Å². The van der Waals surface area contributed by atoms with Crippen LogP contribution in [-0.2, 0) is 4.79 Å². The minimum Gasteiger partial charge on any atom is -0.495 e. The Morgan fingerprint density at radius 2 is 1.67 bits per heavy atom. The molecule has 0 aliphatic heterocycles. The Balaban J connectivity index is 1.31. The zero-order valence-electron chi connectivity index (χ0n) is 27.6.